The zero-order chi connectivity index (χ0) is 19.4. The van der Waals surface area contributed by atoms with Crippen molar-refractivity contribution in [3.05, 3.63) is 76.6 Å². The van der Waals surface area contributed by atoms with Crippen LogP contribution in [0.2, 0.25) is 0 Å². The van der Waals surface area contributed by atoms with Gasteiger partial charge in [0.1, 0.15) is 0 Å². The van der Waals surface area contributed by atoms with Crippen LogP contribution in [0.1, 0.15) is 39.5 Å². The van der Waals surface area contributed by atoms with Gasteiger partial charge >= 0.3 is 0 Å². The van der Waals surface area contributed by atoms with Crippen LogP contribution < -0.4 is 10.6 Å². The van der Waals surface area contributed by atoms with Gasteiger partial charge in [-0.2, -0.15) is 0 Å². The molecule has 0 atom stereocenters. The van der Waals surface area contributed by atoms with E-state index < -0.39 is 0 Å². The van der Waals surface area contributed by atoms with Crippen molar-refractivity contribution in [2.24, 2.45) is 0 Å². The van der Waals surface area contributed by atoms with Crippen LogP contribution in [0, 0.1) is 20.8 Å². The van der Waals surface area contributed by atoms with Crippen molar-refractivity contribution in [2.75, 3.05) is 10.6 Å². The van der Waals surface area contributed by atoms with Gasteiger partial charge in [-0.05, 0) is 49.9 Å². The van der Waals surface area contributed by atoms with Crippen LogP contribution in [-0.2, 0) is 6.42 Å². The molecule has 0 saturated heterocycles. The van der Waals surface area contributed by atoms with Crippen LogP contribution in [0.15, 0.2) is 48.8 Å². The number of carbonyl (C=O) groups excluding carboxylic acids is 1. The summed E-state index contributed by atoms with van der Waals surface area (Å²) in [5, 5.41) is 6.18. The van der Waals surface area contributed by atoms with E-state index in [2.05, 4.69) is 33.6 Å². The lowest BCUT2D eigenvalue weighted by Gasteiger charge is -2.13. The molecule has 0 unspecified atom stereocenters. The molecule has 0 fully saturated rings. The molecule has 0 bridgehead atoms. The number of nitrogens with zero attached hydrogens (tertiary/aromatic N) is 2. The lowest BCUT2D eigenvalue weighted by molar-refractivity contribution is 0.102. The number of aromatic nitrogens is 2. The minimum absolute atomic E-state index is 0.223. The predicted octanol–water partition coefficient (Wildman–Crippen LogP) is 4.96. The topological polar surface area (TPSA) is 66.9 Å². The highest BCUT2D eigenvalue weighted by atomic mass is 16.1. The third-order valence-corrected chi connectivity index (χ3v) is 4.52. The molecule has 5 heteroatoms. The lowest BCUT2D eigenvalue weighted by atomic mass is 10.1. The Morgan fingerprint density at radius 3 is 2.41 bits per heavy atom. The Hall–Kier alpha value is -3.21. The molecule has 1 heterocycles. The summed E-state index contributed by atoms with van der Waals surface area (Å²) >= 11 is 0. The van der Waals surface area contributed by atoms with Gasteiger partial charge in [0.2, 0.25) is 5.95 Å². The molecule has 0 radical (unpaired) electrons. The summed E-state index contributed by atoms with van der Waals surface area (Å²) < 4.78 is 0. The van der Waals surface area contributed by atoms with E-state index in [1.165, 1.54) is 18.0 Å². The average Bonchev–Trinajstić information content (AvgIpc) is 2.66. The fourth-order valence-electron chi connectivity index (χ4n) is 2.97. The Morgan fingerprint density at radius 2 is 1.74 bits per heavy atom. The van der Waals surface area contributed by atoms with Gasteiger partial charge in [-0.1, -0.05) is 42.8 Å². The Balaban J connectivity index is 1.74. The van der Waals surface area contributed by atoms with Gasteiger partial charge in [0.15, 0.2) is 0 Å². The maximum Gasteiger partial charge on any atom is 0.258 e. The molecule has 5 nitrogen and oxygen atoms in total. The van der Waals surface area contributed by atoms with E-state index >= 15 is 0 Å². The number of hydrogen-bond acceptors (Lipinski definition) is 4. The Labute approximate surface area is 159 Å². The van der Waals surface area contributed by atoms with Crippen molar-refractivity contribution >= 4 is 23.2 Å². The van der Waals surface area contributed by atoms with Crippen LogP contribution in [0.3, 0.4) is 0 Å². The monoisotopic (exact) mass is 360 g/mol. The van der Waals surface area contributed by atoms with Crippen LogP contribution in [0.5, 0.6) is 0 Å². The number of aryl methyl sites for hydroxylation is 4. The highest BCUT2D eigenvalue weighted by molar-refractivity contribution is 6.04. The van der Waals surface area contributed by atoms with Crippen LogP contribution >= 0.6 is 0 Å². The molecule has 1 amide bonds. The summed E-state index contributed by atoms with van der Waals surface area (Å²) in [6.07, 6.45) is 4.00. The molecule has 138 valence electrons. The number of rotatable bonds is 5. The van der Waals surface area contributed by atoms with E-state index in [4.69, 9.17) is 0 Å². The number of benzene rings is 2. The number of anilines is 3. The SMILES string of the molecule is CCc1cccc(C)c1Nc1ncc(C(=O)Nc2ccc(C)cc2C)cn1. The van der Waals surface area contributed by atoms with Gasteiger partial charge in [0.25, 0.3) is 5.91 Å². The normalized spacial score (nSPS) is 10.5. The van der Waals surface area contributed by atoms with Crippen molar-refractivity contribution in [3.8, 4) is 0 Å². The Bertz CT molecular complexity index is 965. The van der Waals surface area contributed by atoms with E-state index in [1.807, 2.05) is 51.1 Å². The number of amides is 1. The second-order valence-corrected chi connectivity index (χ2v) is 6.66. The number of carbonyl (C=O) groups is 1. The zero-order valence-electron chi connectivity index (χ0n) is 16.1. The molecule has 0 aliphatic carbocycles. The highest BCUT2D eigenvalue weighted by Crippen LogP contribution is 2.24. The Morgan fingerprint density at radius 1 is 1.00 bits per heavy atom. The molecule has 1 aromatic heterocycles. The summed E-state index contributed by atoms with van der Waals surface area (Å²) in [6, 6.07) is 12.1. The molecule has 2 aromatic carbocycles. The predicted molar refractivity (Wildman–Crippen MR) is 110 cm³/mol. The van der Waals surface area contributed by atoms with Gasteiger partial charge in [0, 0.05) is 23.8 Å². The van der Waals surface area contributed by atoms with Gasteiger partial charge in [-0.15, -0.1) is 0 Å². The number of para-hydroxylation sites is 1. The molecule has 0 aliphatic rings. The van der Waals surface area contributed by atoms with Crippen molar-refractivity contribution < 1.29 is 4.79 Å². The van der Waals surface area contributed by atoms with E-state index in [0.717, 1.165) is 34.5 Å². The summed E-state index contributed by atoms with van der Waals surface area (Å²) in [5.41, 5.74) is 6.75. The van der Waals surface area contributed by atoms with Gasteiger partial charge in [-0.3, -0.25) is 4.79 Å². The fourth-order valence-corrected chi connectivity index (χ4v) is 2.97. The second kappa shape index (κ2) is 7.99. The Kier molecular flexibility index (Phi) is 5.50. The van der Waals surface area contributed by atoms with Gasteiger partial charge in [0.05, 0.1) is 5.56 Å². The first-order valence-electron chi connectivity index (χ1n) is 9.04. The quantitative estimate of drug-likeness (QED) is 0.675. The number of nitrogens with one attached hydrogen (secondary N) is 2. The third kappa shape index (κ3) is 4.31. The van der Waals surface area contributed by atoms with Crippen LogP contribution in [-0.4, -0.2) is 15.9 Å². The summed E-state index contributed by atoms with van der Waals surface area (Å²) in [6.45, 7) is 8.16. The molecule has 2 N–H and O–H groups in total. The van der Waals surface area contributed by atoms with E-state index in [0.29, 0.717) is 11.5 Å². The lowest BCUT2D eigenvalue weighted by Crippen LogP contribution is -2.14. The molecule has 3 aromatic rings. The minimum Gasteiger partial charge on any atom is -0.324 e. The molecule has 27 heavy (non-hydrogen) atoms. The van der Waals surface area contributed by atoms with Gasteiger partial charge < -0.3 is 10.6 Å². The summed E-state index contributed by atoms with van der Waals surface area (Å²) in [4.78, 5) is 21.1. The summed E-state index contributed by atoms with van der Waals surface area (Å²) in [5.74, 6) is 0.251. The molecular weight excluding hydrogens is 336 g/mol. The minimum atomic E-state index is -0.223. The van der Waals surface area contributed by atoms with Crippen molar-refractivity contribution in [1.29, 1.82) is 0 Å². The van der Waals surface area contributed by atoms with Gasteiger partial charge in [-0.25, -0.2) is 9.97 Å². The maximum absolute atomic E-state index is 12.5. The first-order chi connectivity index (χ1) is 13.0. The molecule has 0 spiro atoms. The van der Waals surface area contributed by atoms with E-state index in [9.17, 15) is 4.79 Å². The third-order valence-electron chi connectivity index (χ3n) is 4.52. The number of hydrogen-bond donors (Lipinski definition) is 2. The molecule has 3 rings (SSSR count). The average molecular weight is 360 g/mol. The zero-order valence-corrected chi connectivity index (χ0v) is 16.1. The van der Waals surface area contributed by atoms with Crippen LogP contribution in [0.25, 0.3) is 0 Å². The molecule has 0 saturated carbocycles. The molecular formula is C22H24N4O. The van der Waals surface area contributed by atoms with Crippen molar-refractivity contribution in [2.45, 2.75) is 34.1 Å². The van der Waals surface area contributed by atoms with Crippen molar-refractivity contribution in [1.82, 2.24) is 9.97 Å². The smallest absolute Gasteiger partial charge is 0.258 e. The molecule has 0 aliphatic heterocycles. The highest BCUT2D eigenvalue weighted by Gasteiger charge is 2.11. The second-order valence-electron chi connectivity index (χ2n) is 6.66. The first kappa shape index (κ1) is 18.6. The van der Waals surface area contributed by atoms with E-state index in [1.54, 1.807) is 0 Å². The largest absolute Gasteiger partial charge is 0.324 e. The standard InChI is InChI=1S/C22H24N4O/c1-5-17-8-6-7-15(3)20(17)26-22-23-12-18(13-24-22)21(27)25-19-10-9-14(2)11-16(19)4/h6-13H,5H2,1-4H3,(H,25,27)(H,23,24,26). The van der Waals surface area contributed by atoms with E-state index in [-0.39, 0.29) is 5.91 Å². The van der Waals surface area contributed by atoms with Crippen LogP contribution in [0.4, 0.5) is 17.3 Å². The fraction of sp³-hybridized carbons (Fsp3) is 0.227. The first-order valence-corrected chi connectivity index (χ1v) is 9.04. The summed E-state index contributed by atoms with van der Waals surface area (Å²) in [7, 11) is 0. The maximum atomic E-state index is 12.5. The van der Waals surface area contributed by atoms with Crippen molar-refractivity contribution in [3.63, 3.8) is 0 Å².